The zero-order valence-electron chi connectivity index (χ0n) is 62.8. The Balaban J connectivity index is 0.000000390. The molecule has 6 unspecified atom stereocenters. The Bertz CT molecular complexity index is 2650. The number of nitrogens with one attached hydrogen (secondary N) is 2. The largest absolute Gasteiger partial charge is 0.381 e. The SMILES string of the molecule is CC/C=C(/C)N(CC)CC1CCN(C(C=O)C(C)C)C1.CCC(C)C(C)C1CC1.CCCOCCC(C)CC.CCn1c(-c2cccnc2C(C)C)c(CC(C)(C)CC)c2cc(C)ccc21.CNC(C)C(=O)N1CCCCN1.CSc1ccc(C)cc1.O=CC1CC1. The predicted octanol–water partition coefficient (Wildman–Crippen LogP) is 19.3. The summed E-state index contributed by atoms with van der Waals surface area (Å²) >= 11 is 1.78. The first-order chi connectivity index (χ1) is 43.9. The number of aryl methyl sites for hydroxylation is 3. The second-order valence-electron chi connectivity index (χ2n) is 28.3. The molecule has 2 aliphatic carbocycles. The van der Waals surface area contributed by atoms with E-state index in [0.717, 1.165) is 140 Å². The lowest BCUT2D eigenvalue weighted by molar-refractivity contribution is -0.137. The summed E-state index contributed by atoms with van der Waals surface area (Å²) < 4.78 is 7.85. The van der Waals surface area contributed by atoms with Crippen molar-refractivity contribution >= 4 is 41.1 Å². The van der Waals surface area contributed by atoms with Crippen molar-refractivity contribution in [1.82, 2.24) is 35.1 Å². The number of likely N-dealkylation sites (tertiary alicyclic amines) is 1. The zero-order valence-corrected chi connectivity index (χ0v) is 63.6. The molecule has 2 aromatic heterocycles. The lowest BCUT2D eigenvalue weighted by Crippen LogP contribution is -2.52. The number of benzene rings is 2. The third-order valence-corrected chi connectivity index (χ3v) is 20.0. The van der Waals surface area contributed by atoms with E-state index < -0.39 is 0 Å². The normalized spacial score (nSPS) is 17.3. The van der Waals surface area contributed by atoms with Crippen LogP contribution in [0.1, 0.15) is 236 Å². The summed E-state index contributed by atoms with van der Waals surface area (Å²) in [7, 11) is 1.80. The highest BCUT2D eigenvalue weighted by molar-refractivity contribution is 7.98. The van der Waals surface area contributed by atoms with Gasteiger partial charge in [-0.1, -0.05) is 152 Å². The van der Waals surface area contributed by atoms with Crippen LogP contribution in [-0.2, 0) is 32.1 Å². The summed E-state index contributed by atoms with van der Waals surface area (Å²) in [6.45, 7) is 53.5. The Morgan fingerprint density at radius 1 is 0.859 bits per heavy atom. The maximum atomic E-state index is 11.5. The highest BCUT2D eigenvalue weighted by Crippen LogP contribution is 2.42. The molecule has 1 amide bonds. The van der Waals surface area contributed by atoms with Gasteiger partial charge in [-0.3, -0.25) is 19.7 Å². The lowest BCUT2D eigenvalue weighted by atomic mass is 9.81. The fraction of sp³-hybridized carbons (Fsp3) is 0.700. The second kappa shape index (κ2) is 45.9. The molecule has 11 nitrogen and oxygen atoms in total. The number of thioether (sulfide) groups is 1. The molecule has 4 fully saturated rings. The monoisotopic (exact) mass is 1290 g/mol. The highest BCUT2D eigenvalue weighted by Gasteiger charge is 2.32. The van der Waals surface area contributed by atoms with Crippen molar-refractivity contribution in [2.75, 3.05) is 65.8 Å². The Morgan fingerprint density at radius 2 is 1.53 bits per heavy atom. The molecule has 6 atom stereocenters. The quantitative estimate of drug-likeness (QED) is 0.0340. The number of rotatable bonds is 27. The maximum Gasteiger partial charge on any atom is 0.253 e. The molecule has 2 aliphatic heterocycles. The Labute approximate surface area is 569 Å². The van der Waals surface area contributed by atoms with Crippen molar-refractivity contribution in [3.8, 4) is 11.3 Å². The molecule has 2 aromatic carbocycles. The molecule has 2 N–H and O–H groups in total. The van der Waals surface area contributed by atoms with Crippen molar-refractivity contribution < 1.29 is 19.1 Å². The van der Waals surface area contributed by atoms with Gasteiger partial charge in [0.25, 0.3) is 5.91 Å². The number of allylic oxidation sites excluding steroid dienone is 2. The van der Waals surface area contributed by atoms with E-state index in [4.69, 9.17) is 9.72 Å². The lowest BCUT2D eigenvalue weighted by Gasteiger charge is -2.29. The maximum absolute atomic E-state index is 11.5. The number of likely N-dealkylation sites (N-methyl/N-ethyl adjacent to an activating group) is 1. The average molecular weight is 1290 g/mol. The van der Waals surface area contributed by atoms with E-state index in [2.05, 4.69) is 224 Å². The summed E-state index contributed by atoms with van der Waals surface area (Å²) in [6.07, 6.45) is 25.6. The standard InChI is InChI=1S/C25H34N2.C17H32N2O.C9H20O.C9H18.C8H17N3O.C8H10S.C4H6O/c1-8-25(6,7)16-21-20-15-18(5)12-13-22(20)27(9-2)24(21)19-11-10-14-26-23(19)17(3)4;1-6-8-15(5)18(7-2)11-16-9-10-19(12-16)17(13-20)14(3)4;1-4-7-10-8-6-9(3)5-2;1-4-7(2)8(3)9-5-6-9;1-7(9-2)8(12)11-6-4-3-5-10-11;1-7-3-5-8(9-2)6-4-7;5-3-4-1-2-4/h10-15,17H,8-9,16H2,1-7H3;8,13-14,16-17H,6-7,9-12H2,1-5H3;9H,4-8H2,1-3H3;7-9H,4-6H2,1-3H3;7,9-10H,3-6H2,1-2H3;3-6H,1-2H3;3-4H,1-2H2/b;15-8-;;;;;. The second-order valence-corrected chi connectivity index (χ2v) is 29.2. The van der Waals surface area contributed by atoms with Crippen LogP contribution in [0.5, 0.6) is 0 Å². The molecule has 4 heterocycles. The topological polar surface area (TPSA) is 112 Å². The first-order valence-electron chi connectivity index (χ1n) is 36.4. The van der Waals surface area contributed by atoms with Crippen molar-refractivity contribution in [2.45, 2.75) is 258 Å². The van der Waals surface area contributed by atoms with E-state index in [1.54, 1.807) is 23.8 Å². The van der Waals surface area contributed by atoms with E-state index in [1.165, 1.54) is 100 Å². The fourth-order valence-corrected chi connectivity index (χ4v) is 12.0. The van der Waals surface area contributed by atoms with Crippen molar-refractivity contribution in [1.29, 1.82) is 0 Å². The summed E-state index contributed by atoms with van der Waals surface area (Å²) in [5, 5.41) is 6.05. The van der Waals surface area contributed by atoms with Crippen LogP contribution in [0.15, 0.2) is 77.5 Å². The molecule has 0 spiro atoms. The molecular formula is C80H137N7O4S. The number of nitrogens with zero attached hydrogens (tertiary/aromatic N) is 5. The smallest absolute Gasteiger partial charge is 0.253 e. The molecule has 4 aromatic rings. The van der Waals surface area contributed by atoms with Gasteiger partial charge in [0.1, 0.15) is 12.6 Å². The minimum absolute atomic E-state index is 0.0874. The summed E-state index contributed by atoms with van der Waals surface area (Å²) in [6, 6.07) is 19.8. The number of carbonyl (C=O) groups is 3. The summed E-state index contributed by atoms with van der Waals surface area (Å²) in [5.74, 6) is 5.97. The molecule has 92 heavy (non-hydrogen) atoms. The highest BCUT2D eigenvalue weighted by atomic mass is 32.2. The van der Waals surface area contributed by atoms with Gasteiger partial charge in [0.05, 0.1) is 23.5 Å². The Hall–Kier alpha value is -4.33. The summed E-state index contributed by atoms with van der Waals surface area (Å²) in [4.78, 5) is 43.3. The molecule has 0 radical (unpaired) electrons. The van der Waals surface area contributed by atoms with Crippen LogP contribution in [0.4, 0.5) is 0 Å². The van der Waals surface area contributed by atoms with E-state index >= 15 is 0 Å². The van der Waals surface area contributed by atoms with E-state index in [0.29, 0.717) is 23.7 Å². The molecule has 12 heteroatoms. The number of carbonyl (C=O) groups excluding carboxylic acids is 3. The molecule has 2 saturated carbocycles. The third-order valence-electron chi connectivity index (χ3n) is 19.3. The van der Waals surface area contributed by atoms with E-state index in [-0.39, 0.29) is 23.4 Å². The number of hydrazine groups is 1. The van der Waals surface area contributed by atoms with E-state index in [9.17, 15) is 14.4 Å². The van der Waals surface area contributed by atoms with Crippen LogP contribution in [0.2, 0.25) is 0 Å². The Kier molecular flexibility index (Phi) is 41.8. The van der Waals surface area contributed by atoms with Crippen LogP contribution >= 0.6 is 11.8 Å². The van der Waals surface area contributed by atoms with Crippen LogP contribution in [0.3, 0.4) is 0 Å². The molecule has 8 rings (SSSR count). The van der Waals surface area contributed by atoms with Crippen molar-refractivity contribution in [2.24, 2.45) is 46.8 Å². The van der Waals surface area contributed by atoms with Crippen LogP contribution in [0.25, 0.3) is 22.2 Å². The van der Waals surface area contributed by atoms with Crippen molar-refractivity contribution in [3.63, 3.8) is 0 Å². The molecular weight excluding hydrogens is 1150 g/mol. The number of amides is 1. The first kappa shape index (κ1) is 83.8. The van der Waals surface area contributed by atoms with E-state index in [1.807, 2.05) is 13.1 Å². The first-order valence-corrected chi connectivity index (χ1v) is 37.7. The number of ether oxygens (including phenoxy) is 1. The van der Waals surface area contributed by atoms with Gasteiger partial charge in [-0.2, -0.15) is 0 Å². The molecule has 4 aliphatic rings. The average Bonchev–Trinajstić information content (AvgIpc) is 1.60. The number of aromatic nitrogens is 2. The van der Waals surface area contributed by atoms with Gasteiger partial charge in [0.15, 0.2) is 0 Å². The van der Waals surface area contributed by atoms with Crippen LogP contribution in [0, 0.1) is 60.7 Å². The van der Waals surface area contributed by atoms with Gasteiger partial charge in [-0.25, -0.2) is 5.43 Å². The summed E-state index contributed by atoms with van der Waals surface area (Å²) in [5.41, 5.74) is 14.1. The number of aldehydes is 2. The Morgan fingerprint density at radius 3 is 2.02 bits per heavy atom. The molecule has 2 saturated heterocycles. The van der Waals surface area contributed by atoms with Crippen molar-refractivity contribution in [3.05, 3.63) is 95.0 Å². The zero-order chi connectivity index (χ0) is 68.9. The van der Waals surface area contributed by atoms with Gasteiger partial charge in [0.2, 0.25) is 0 Å². The number of pyridine rings is 1. The minimum atomic E-state index is -0.0874. The molecule has 522 valence electrons. The fourth-order valence-electron chi connectivity index (χ4n) is 11.6. The minimum Gasteiger partial charge on any atom is -0.381 e. The molecule has 0 bridgehead atoms. The van der Waals surface area contributed by atoms with Gasteiger partial charge >= 0.3 is 0 Å². The number of hydrogen-bond acceptors (Lipinski definition) is 10. The van der Waals surface area contributed by atoms with Gasteiger partial charge in [0, 0.05) is 91.7 Å². The third kappa shape index (κ3) is 30.6. The number of hydrogen-bond donors (Lipinski definition) is 2. The predicted molar refractivity (Wildman–Crippen MR) is 399 cm³/mol. The van der Waals surface area contributed by atoms with Gasteiger partial charge in [-0.15, -0.1) is 11.8 Å². The number of fused-ring (bicyclic) bond motifs is 1. The van der Waals surface area contributed by atoms with Crippen LogP contribution < -0.4 is 10.7 Å². The van der Waals surface area contributed by atoms with Gasteiger partial charge < -0.3 is 29.1 Å². The van der Waals surface area contributed by atoms with Crippen LogP contribution in [-0.4, -0.2) is 121 Å². The van der Waals surface area contributed by atoms with Gasteiger partial charge in [-0.05, 0) is 221 Å².